The van der Waals surface area contributed by atoms with Gasteiger partial charge in [-0.1, -0.05) is 12.8 Å². The first kappa shape index (κ1) is 18.5. The molecule has 0 spiro atoms. The second-order valence-electron chi connectivity index (χ2n) is 5.75. The van der Waals surface area contributed by atoms with Crippen LogP contribution in [0.4, 0.5) is 0 Å². The quantitative estimate of drug-likeness (QED) is 0.425. The number of hydrogen-bond donors (Lipinski definition) is 2. The van der Waals surface area contributed by atoms with Gasteiger partial charge >= 0.3 is 0 Å². The van der Waals surface area contributed by atoms with Gasteiger partial charge in [-0.2, -0.15) is 0 Å². The van der Waals surface area contributed by atoms with Gasteiger partial charge in [0, 0.05) is 38.1 Å². The van der Waals surface area contributed by atoms with Gasteiger partial charge in [0.2, 0.25) is 5.91 Å². The van der Waals surface area contributed by atoms with E-state index < -0.39 is 0 Å². The highest BCUT2D eigenvalue weighted by Gasteiger charge is 2.32. The molecule has 6 heteroatoms. The summed E-state index contributed by atoms with van der Waals surface area (Å²) in [6.07, 6.45) is 5.65. The van der Waals surface area contributed by atoms with Crippen molar-refractivity contribution in [3.63, 3.8) is 0 Å². The molecule has 1 amide bonds. The van der Waals surface area contributed by atoms with E-state index in [4.69, 9.17) is 0 Å². The second kappa shape index (κ2) is 9.48. The summed E-state index contributed by atoms with van der Waals surface area (Å²) in [6.45, 7) is 7.44. The minimum absolute atomic E-state index is 0. The Morgan fingerprint density at radius 2 is 1.95 bits per heavy atom. The van der Waals surface area contributed by atoms with Gasteiger partial charge in [0.25, 0.3) is 0 Å². The molecule has 0 aromatic rings. The van der Waals surface area contributed by atoms with Crippen molar-refractivity contribution in [2.45, 2.75) is 52.0 Å². The number of rotatable bonds is 4. The van der Waals surface area contributed by atoms with E-state index in [1.807, 2.05) is 11.8 Å². The SMILES string of the molecule is CCN=C(NCC)NC1CCN(C(=O)C2CCCC2)C1.I. The molecule has 1 saturated heterocycles. The van der Waals surface area contributed by atoms with E-state index in [0.29, 0.717) is 17.9 Å². The maximum atomic E-state index is 12.4. The van der Waals surface area contributed by atoms with E-state index in [-0.39, 0.29) is 24.0 Å². The highest BCUT2D eigenvalue weighted by atomic mass is 127. The number of carbonyl (C=O) groups excluding carboxylic acids is 1. The van der Waals surface area contributed by atoms with Gasteiger partial charge in [0.1, 0.15) is 0 Å². The third-order valence-electron chi connectivity index (χ3n) is 4.21. The Morgan fingerprint density at radius 3 is 2.57 bits per heavy atom. The van der Waals surface area contributed by atoms with E-state index in [1.165, 1.54) is 12.8 Å². The molecule has 1 unspecified atom stereocenters. The first-order valence-corrected chi connectivity index (χ1v) is 8.08. The summed E-state index contributed by atoms with van der Waals surface area (Å²) in [5.41, 5.74) is 0. The predicted molar refractivity (Wildman–Crippen MR) is 97.1 cm³/mol. The summed E-state index contributed by atoms with van der Waals surface area (Å²) < 4.78 is 0. The van der Waals surface area contributed by atoms with Gasteiger partial charge in [-0.25, -0.2) is 0 Å². The summed E-state index contributed by atoms with van der Waals surface area (Å²) in [5.74, 6) is 1.55. The number of likely N-dealkylation sites (tertiary alicyclic amines) is 1. The van der Waals surface area contributed by atoms with Crippen LogP contribution in [0.2, 0.25) is 0 Å². The van der Waals surface area contributed by atoms with Crippen molar-refractivity contribution in [2.24, 2.45) is 10.9 Å². The molecule has 1 aliphatic carbocycles. The van der Waals surface area contributed by atoms with Crippen molar-refractivity contribution in [3.8, 4) is 0 Å². The summed E-state index contributed by atoms with van der Waals surface area (Å²) in [4.78, 5) is 18.8. The number of aliphatic imine (C=N–C) groups is 1. The Morgan fingerprint density at radius 1 is 1.24 bits per heavy atom. The van der Waals surface area contributed by atoms with Crippen LogP contribution < -0.4 is 10.6 Å². The number of hydrogen-bond acceptors (Lipinski definition) is 2. The van der Waals surface area contributed by atoms with Crippen molar-refractivity contribution in [1.29, 1.82) is 0 Å². The lowest BCUT2D eigenvalue weighted by Gasteiger charge is -2.21. The first-order chi connectivity index (χ1) is 9.74. The Labute approximate surface area is 145 Å². The minimum Gasteiger partial charge on any atom is -0.357 e. The molecule has 0 radical (unpaired) electrons. The number of guanidine groups is 1. The van der Waals surface area contributed by atoms with Crippen LogP contribution in [0.1, 0.15) is 46.0 Å². The van der Waals surface area contributed by atoms with Crippen LogP contribution >= 0.6 is 24.0 Å². The number of nitrogens with one attached hydrogen (secondary N) is 2. The average Bonchev–Trinajstić information content (AvgIpc) is 3.10. The molecule has 0 aromatic carbocycles. The van der Waals surface area contributed by atoms with Crippen LogP contribution in [0.5, 0.6) is 0 Å². The van der Waals surface area contributed by atoms with Gasteiger partial charge in [-0.3, -0.25) is 9.79 Å². The lowest BCUT2D eigenvalue weighted by molar-refractivity contribution is -0.134. The van der Waals surface area contributed by atoms with Crippen LogP contribution in [0, 0.1) is 5.92 Å². The first-order valence-electron chi connectivity index (χ1n) is 8.08. The molecule has 122 valence electrons. The van der Waals surface area contributed by atoms with Crippen molar-refractivity contribution < 1.29 is 4.79 Å². The van der Waals surface area contributed by atoms with Crippen LogP contribution in [-0.2, 0) is 4.79 Å². The number of halogens is 1. The molecule has 2 N–H and O–H groups in total. The molecule has 0 aromatic heterocycles. The monoisotopic (exact) mass is 408 g/mol. The fraction of sp³-hybridized carbons (Fsp3) is 0.867. The smallest absolute Gasteiger partial charge is 0.225 e. The van der Waals surface area contributed by atoms with Gasteiger partial charge in [-0.15, -0.1) is 24.0 Å². The number of amides is 1. The molecule has 2 fully saturated rings. The van der Waals surface area contributed by atoms with Gasteiger partial charge in [0.15, 0.2) is 5.96 Å². The lowest BCUT2D eigenvalue weighted by Crippen LogP contribution is -2.45. The van der Waals surface area contributed by atoms with E-state index in [1.54, 1.807) is 0 Å². The van der Waals surface area contributed by atoms with Crippen LogP contribution in [0.15, 0.2) is 4.99 Å². The predicted octanol–water partition coefficient (Wildman–Crippen LogP) is 1.97. The standard InChI is InChI=1S/C15H28N4O.HI/c1-3-16-15(17-4-2)18-13-9-10-19(11-13)14(20)12-7-5-6-8-12;/h12-13H,3-11H2,1-2H3,(H2,16,17,18);1H. The Hall–Kier alpha value is -0.530. The maximum Gasteiger partial charge on any atom is 0.225 e. The van der Waals surface area contributed by atoms with E-state index in [0.717, 1.165) is 51.4 Å². The highest BCUT2D eigenvalue weighted by molar-refractivity contribution is 14.0. The molecule has 1 aliphatic heterocycles. The van der Waals surface area contributed by atoms with Gasteiger partial charge in [0.05, 0.1) is 0 Å². The molecule has 21 heavy (non-hydrogen) atoms. The fourth-order valence-electron chi connectivity index (χ4n) is 3.18. The molecule has 2 rings (SSSR count). The van der Waals surface area contributed by atoms with Crippen molar-refractivity contribution >= 4 is 35.8 Å². The molecular weight excluding hydrogens is 379 g/mol. The normalized spacial score (nSPS) is 23.0. The van der Waals surface area contributed by atoms with E-state index >= 15 is 0 Å². The summed E-state index contributed by atoms with van der Waals surface area (Å²) in [6, 6.07) is 0.338. The zero-order valence-corrected chi connectivity index (χ0v) is 15.6. The second-order valence-corrected chi connectivity index (χ2v) is 5.75. The molecule has 0 bridgehead atoms. The van der Waals surface area contributed by atoms with E-state index in [2.05, 4.69) is 22.5 Å². The van der Waals surface area contributed by atoms with E-state index in [9.17, 15) is 4.79 Å². The minimum atomic E-state index is 0. The lowest BCUT2D eigenvalue weighted by atomic mass is 10.1. The topological polar surface area (TPSA) is 56.7 Å². The third-order valence-corrected chi connectivity index (χ3v) is 4.21. The number of carbonyl (C=O) groups is 1. The largest absolute Gasteiger partial charge is 0.357 e. The summed E-state index contributed by atoms with van der Waals surface area (Å²) in [5, 5.41) is 6.68. The van der Waals surface area contributed by atoms with Crippen molar-refractivity contribution in [3.05, 3.63) is 0 Å². The average molecular weight is 408 g/mol. The Bertz CT molecular complexity index is 356. The molecule has 5 nitrogen and oxygen atoms in total. The zero-order chi connectivity index (χ0) is 14.4. The van der Waals surface area contributed by atoms with Crippen LogP contribution in [0.3, 0.4) is 0 Å². The Balaban J connectivity index is 0.00000220. The maximum absolute atomic E-state index is 12.4. The van der Waals surface area contributed by atoms with Crippen molar-refractivity contribution in [2.75, 3.05) is 26.2 Å². The van der Waals surface area contributed by atoms with Gasteiger partial charge < -0.3 is 15.5 Å². The number of nitrogens with zero attached hydrogens (tertiary/aromatic N) is 2. The molecule has 1 atom stereocenters. The van der Waals surface area contributed by atoms with Gasteiger partial charge in [-0.05, 0) is 33.1 Å². The highest BCUT2D eigenvalue weighted by Crippen LogP contribution is 2.27. The molecule has 2 aliphatic rings. The van der Waals surface area contributed by atoms with Crippen LogP contribution in [-0.4, -0.2) is 49.0 Å². The van der Waals surface area contributed by atoms with Crippen molar-refractivity contribution in [1.82, 2.24) is 15.5 Å². The molecular formula is C15H29IN4O. The summed E-state index contributed by atoms with van der Waals surface area (Å²) in [7, 11) is 0. The fourth-order valence-corrected chi connectivity index (χ4v) is 3.18. The van der Waals surface area contributed by atoms with Crippen LogP contribution in [0.25, 0.3) is 0 Å². The summed E-state index contributed by atoms with van der Waals surface area (Å²) >= 11 is 0. The Kier molecular flexibility index (Phi) is 8.36. The third kappa shape index (κ3) is 5.30. The molecule has 1 heterocycles. The zero-order valence-electron chi connectivity index (χ0n) is 13.2. The molecule has 1 saturated carbocycles.